The number of benzene rings is 1. The van der Waals surface area contributed by atoms with Crippen LogP contribution >= 0.6 is 0 Å². The average molecular weight is 252 g/mol. The molecule has 0 saturated carbocycles. The fraction of sp³-hybridized carbons (Fsp3) is 0.333. The molecule has 0 saturated heterocycles. The second-order valence-corrected chi connectivity index (χ2v) is 3.70. The number of carbonyl (C=O) groups is 2. The Morgan fingerprint density at radius 3 is 2.67 bits per heavy atom. The summed E-state index contributed by atoms with van der Waals surface area (Å²) in [6, 6.07) is 5.10. The maximum absolute atomic E-state index is 11.3. The average Bonchev–Trinajstić information content (AvgIpc) is 2.30. The zero-order valence-corrected chi connectivity index (χ0v) is 10.3. The van der Waals surface area contributed by atoms with Gasteiger partial charge in [-0.15, -0.1) is 0 Å². The van der Waals surface area contributed by atoms with E-state index in [0.29, 0.717) is 11.4 Å². The fourth-order valence-electron chi connectivity index (χ4n) is 1.32. The number of anilines is 2. The predicted octanol–water partition coefficient (Wildman–Crippen LogP) is 1.49. The second kappa shape index (κ2) is 6.61. The largest absolute Gasteiger partial charge is 0.447 e. The van der Waals surface area contributed by atoms with Crippen molar-refractivity contribution >= 4 is 23.4 Å². The third kappa shape index (κ3) is 4.42. The van der Waals surface area contributed by atoms with Crippen molar-refractivity contribution in [1.82, 2.24) is 0 Å². The normalized spacial score (nSPS) is 9.72. The number of hydrogen-bond donors (Lipinski definition) is 3. The van der Waals surface area contributed by atoms with E-state index in [9.17, 15) is 9.59 Å². The number of carbonyl (C=O) groups excluding carboxylic acids is 2. The molecule has 1 rings (SSSR count). The molecule has 2 amide bonds. The topological polar surface area (TPSA) is 87.7 Å². The van der Waals surface area contributed by atoms with Crippen molar-refractivity contribution < 1.29 is 19.4 Å². The first kappa shape index (κ1) is 14.0. The smallest absolute Gasteiger partial charge is 0.411 e. The van der Waals surface area contributed by atoms with Crippen LogP contribution in [0, 0.1) is 6.92 Å². The van der Waals surface area contributed by atoms with E-state index in [1.54, 1.807) is 18.2 Å². The SMILES string of the molecule is CC(=O)Nc1cc(NC(=O)OCCO)ccc1C. The van der Waals surface area contributed by atoms with E-state index in [1.165, 1.54) is 6.92 Å². The summed E-state index contributed by atoms with van der Waals surface area (Å²) in [5.74, 6) is -0.182. The summed E-state index contributed by atoms with van der Waals surface area (Å²) in [6.45, 7) is 2.98. The molecule has 0 aliphatic carbocycles. The molecule has 0 heterocycles. The number of nitrogens with one attached hydrogen (secondary N) is 2. The number of ether oxygens (including phenoxy) is 1. The highest BCUT2D eigenvalue weighted by atomic mass is 16.6. The molecule has 0 fully saturated rings. The minimum atomic E-state index is -0.651. The van der Waals surface area contributed by atoms with Gasteiger partial charge in [-0.1, -0.05) is 6.07 Å². The molecule has 0 bridgehead atoms. The van der Waals surface area contributed by atoms with Crippen molar-refractivity contribution in [2.75, 3.05) is 23.8 Å². The van der Waals surface area contributed by atoms with Gasteiger partial charge in [-0.25, -0.2) is 4.79 Å². The first-order valence-electron chi connectivity index (χ1n) is 5.46. The summed E-state index contributed by atoms with van der Waals surface area (Å²) < 4.78 is 4.66. The lowest BCUT2D eigenvalue weighted by atomic mass is 10.2. The molecular weight excluding hydrogens is 236 g/mol. The maximum atomic E-state index is 11.3. The Balaban J connectivity index is 2.72. The van der Waals surface area contributed by atoms with E-state index < -0.39 is 6.09 Å². The van der Waals surface area contributed by atoms with E-state index in [2.05, 4.69) is 15.4 Å². The van der Waals surface area contributed by atoms with E-state index in [-0.39, 0.29) is 19.1 Å². The summed E-state index contributed by atoms with van der Waals surface area (Å²) in [6.07, 6.45) is -0.651. The van der Waals surface area contributed by atoms with Crippen LogP contribution in [0.5, 0.6) is 0 Å². The van der Waals surface area contributed by atoms with Gasteiger partial charge in [0.25, 0.3) is 0 Å². The van der Waals surface area contributed by atoms with Crippen LogP contribution in [0.25, 0.3) is 0 Å². The van der Waals surface area contributed by atoms with Gasteiger partial charge < -0.3 is 15.2 Å². The highest BCUT2D eigenvalue weighted by Crippen LogP contribution is 2.20. The summed E-state index contributed by atoms with van der Waals surface area (Å²) >= 11 is 0. The zero-order chi connectivity index (χ0) is 13.5. The lowest BCUT2D eigenvalue weighted by Gasteiger charge is -2.10. The molecule has 6 nitrogen and oxygen atoms in total. The highest BCUT2D eigenvalue weighted by Gasteiger charge is 2.06. The molecule has 0 aliphatic rings. The van der Waals surface area contributed by atoms with Crippen LogP contribution < -0.4 is 10.6 Å². The quantitative estimate of drug-likeness (QED) is 0.757. The van der Waals surface area contributed by atoms with E-state index in [0.717, 1.165) is 5.56 Å². The molecule has 0 unspecified atom stereocenters. The van der Waals surface area contributed by atoms with Crippen LogP contribution in [-0.4, -0.2) is 30.3 Å². The number of aliphatic hydroxyl groups excluding tert-OH is 1. The molecule has 0 atom stereocenters. The third-order valence-corrected chi connectivity index (χ3v) is 2.12. The van der Waals surface area contributed by atoms with Gasteiger partial charge in [0.15, 0.2) is 0 Å². The zero-order valence-electron chi connectivity index (χ0n) is 10.3. The first-order chi connectivity index (χ1) is 8.52. The molecule has 0 aliphatic heterocycles. The summed E-state index contributed by atoms with van der Waals surface area (Å²) in [5.41, 5.74) is 2.02. The summed E-state index contributed by atoms with van der Waals surface area (Å²) in [5, 5.41) is 13.7. The van der Waals surface area contributed by atoms with Crippen LogP contribution in [0.2, 0.25) is 0 Å². The molecule has 18 heavy (non-hydrogen) atoms. The number of rotatable bonds is 4. The van der Waals surface area contributed by atoms with Crippen LogP contribution in [0.3, 0.4) is 0 Å². The molecule has 3 N–H and O–H groups in total. The summed E-state index contributed by atoms with van der Waals surface area (Å²) in [4.78, 5) is 22.2. The number of aliphatic hydroxyl groups is 1. The predicted molar refractivity (Wildman–Crippen MR) is 67.5 cm³/mol. The molecule has 98 valence electrons. The van der Waals surface area contributed by atoms with Crippen molar-refractivity contribution in [3.8, 4) is 0 Å². The van der Waals surface area contributed by atoms with Crippen molar-refractivity contribution in [1.29, 1.82) is 0 Å². The highest BCUT2D eigenvalue weighted by molar-refractivity contribution is 5.91. The maximum Gasteiger partial charge on any atom is 0.411 e. The monoisotopic (exact) mass is 252 g/mol. The minimum absolute atomic E-state index is 0.0593. The number of amides is 2. The Morgan fingerprint density at radius 1 is 1.33 bits per heavy atom. The van der Waals surface area contributed by atoms with Crippen molar-refractivity contribution in [2.45, 2.75) is 13.8 Å². The molecule has 1 aromatic carbocycles. The van der Waals surface area contributed by atoms with Gasteiger partial charge in [-0.05, 0) is 24.6 Å². The molecule has 1 aromatic rings. The van der Waals surface area contributed by atoms with Crippen LogP contribution in [0.4, 0.5) is 16.2 Å². The molecule has 0 aromatic heterocycles. The van der Waals surface area contributed by atoms with Crippen LogP contribution in [0.15, 0.2) is 18.2 Å². The number of hydrogen-bond acceptors (Lipinski definition) is 4. The van der Waals surface area contributed by atoms with Gasteiger partial charge in [0.2, 0.25) is 5.91 Å². The lowest BCUT2D eigenvalue weighted by molar-refractivity contribution is -0.114. The second-order valence-electron chi connectivity index (χ2n) is 3.70. The molecule has 0 spiro atoms. The Kier molecular flexibility index (Phi) is 5.13. The van der Waals surface area contributed by atoms with Crippen molar-refractivity contribution in [3.05, 3.63) is 23.8 Å². The first-order valence-corrected chi connectivity index (χ1v) is 5.46. The lowest BCUT2D eigenvalue weighted by Crippen LogP contribution is -2.16. The van der Waals surface area contributed by atoms with Gasteiger partial charge in [-0.2, -0.15) is 0 Å². The summed E-state index contributed by atoms with van der Waals surface area (Å²) in [7, 11) is 0. The van der Waals surface area contributed by atoms with E-state index in [1.807, 2.05) is 6.92 Å². The van der Waals surface area contributed by atoms with Gasteiger partial charge >= 0.3 is 6.09 Å². The minimum Gasteiger partial charge on any atom is -0.447 e. The Hall–Kier alpha value is -2.08. The standard InChI is InChI=1S/C12H16N2O4/c1-8-3-4-10(7-11(8)13-9(2)16)14-12(17)18-6-5-15/h3-4,7,15H,5-6H2,1-2H3,(H,13,16)(H,14,17). The van der Waals surface area contributed by atoms with Crippen LogP contribution in [-0.2, 0) is 9.53 Å². The van der Waals surface area contributed by atoms with Gasteiger partial charge in [0.05, 0.1) is 6.61 Å². The van der Waals surface area contributed by atoms with E-state index in [4.69, 9.17) is 5.11 Å². The number of aryl methyl sites for hydroxylation is 1. The Labute approximate surface area is 105 Å². The molecule has 6 heteroatoms. The van der Waals surface area contributed by atoms with Crippen LogP contribution in [0.1, 0.15) is 12.5 Å². The van der Waals surface area contributed by atoms with Crippen molar-refractivity contribution in [3.63, 3.8) is 0 Å². The Bertz CT molecular complexity index is 446. The van der Waals surface area contributed by atoms with Gasteiger partial charge in [0, 0.05) is 18.3 Å². The van der Waals surface area contributed by atoms with Crippen molar-refractivity contribution in [2.24, 2.45) is 0 Å². The molecular formula is C12H16N2O4. The van der Waals surface area contributed by atoms with Gasteiger partial charge in [-0.3, -0.25) is 10.1 Å². The Morgan fingerprint density at radius 2 is 2.06 bits per heavy atom. The fourth-order valence-corrected chi connectivity index (χ4v) is 1.32. The molecule has 0 radical (unpaired) electrons. The van der Waals surface area contributed by atoms with E-state index >= 15 is 0 Å². The van der Waals surface area contributed by atoms with Gasteiger partial charge in [0.1, 0.15) is 6.61 Å². The third-order valence-electron chi connectivity index (χ3n) is 2.12.